The zero-order valence-electron chi connectivity index (χ0n) is 16.0. The van der Waals surface area contributed by atoms with Gasteiger partial charge in [0.1, 0.15) is 0 Å². The third-order valence-corrected chi connectivity index (χ3v) is 4.90. The number of amides is 1. The van der Waals surface area contributed by atoms with Crippen LogP contribution in [0.1, 0.15) is 42.3 Å². The molecule has 3 aromatic rings. The van der Waals surface area contributed by atoms with Gasteiger partial charge >= 0.3 is 0 Å². The summed E-state index contributed by atoms with van der Waals surface area (Å²) in [6.45, 7) is 8.02. The minimum Gasteiger partial charge on any atom is -0.329 e. The van der Waals surface area contributed by atoms with E-state index in [9.17, 15) is 9.59 Å². The lowest BCUT2D eigenvalue weighted by molar-refractivity contribution is 0.0558. The molecule has 1 aromatic heterocycles. The van der Waals surface area contributed by atoms with Gasteiger partial charge in [-0.25, -0.2) is 0 Å². The predicted octanol–water partition coefficient (Wildman–Crippen LogP) is 4.93. The number of aromatic amines is 1. The van der Waals surface area contributed by atoms with E-state index in [1.165, 1.54) is 0 Å². The SMILES string of the molecule is Cc1ccc2cc(CN(C(=O)c3ccccc3Cl)C(C)(C)C)c(=O)[nH]c2c1. The van der Waals surface area contributed by atoms with Crippen LogP contribution in [0.4, 0.5) is 0 Å². The fraction of sp³-hybridized carbons (Fsp3) is 0.273. The lowest BCUT2D eigenvalue weighted by Crippen LogP contribution is -2.46. The molecule has 4 nitrogen and oxygen atoms in total. The molecule has 140 valence electrons. The first-order valence-electron chi connectivity index (χ1n) is 8.86. The number of benzene rings is 2. The third-order valence-electron chi connectivity index (χ3n) is 4.57. The van der Waals surface area contributed by atoms with Gasteiger partial charge in [-0.1, -0.05) is 35.9 Å². The molecule has 2 aromatic carbocycles. The Hall–Kier alpha value is -2.59. The van der Waals surface area contributed by atoms with Gasteiger partial charge in [-0.15, -0.1) is 0 Å². The van der Waals surface area contributed by atoms with Crippen LogP contribution in [0, 0.1) is 6.92 Å². The Balaban J connectivity index is 2.03. The Labute approximate surface area is 163 Å². The van der Waals surface area contributed by atoms with Crippen LogP contribution < -0.4 is 5.56 Å². The first-order valence-corrected chi connectivity index (χ1v) is 9.23. The van der Waals surface area contributed by atoms with Gasteiger partial charge in [0, 0.05) is 16.6 Å². The summed E-state index contributed by atoms with van der Waals surface area (Å²) >= 11 is 6.23. The predicted molar refractivity (Wildman–Crippen MR) is 110 cm³/mol. The molecule has 0 atom stereocenters. The average molecular weight is 383 g/mol. The average Bonchev–Trinajstić information content (AvgIpc) is 2.58. The number of hydrogen-bond donors (Lipinski definition) is 1. The van der Waals surface area contributed by atoms with Crippen LogP contribution in [-0.2, 0) is 6.54 Å². The highest BCUT2D eigenvalue weighted by molar-refractivity contribution is 6.33. The lowest BCUT2D eigenvalue weighted by Gasteiger charge is -2.36. The summed E-state index contributed by atoms with van der Waals surface area (Å²) in [5.74, 6) is -0.198. The van der Waals surface area contributed by atoms with Crippen LogP contribution >= 0.6 is 11.6 Å². The van der Waals surface area contributed by atoms with Crippen molar-refractivity contribution in [3.8, 4) is 0 Å². The fourth-order valence-electron chi connectivity index (χ4n) is 3.04. The quantitative estimate of drug-likeness (QED) is 0.698. The Kier molecular flexibility index (Phi) is 5.11. The maximum atomic E-state index is 13.2. The van der Waals surface area contributed by atoms with E-state index in [0.717, 1.165) is 16.5 Å². The zero-order chi connectivity index (χ0) is 19.8. The Morgan fingerprint density at radius 1 is 1.11 bits per heavy atom. The van der Waals surface area contributed by atoms with Crippen molar-refractivity contribution >= 4 is 28.4 Å². The molecule has 0 aliphatic carbocycles. The number of aromatic nitrogens is 1. The third kappa shape index (κ3) is 4.06. The highest BCUT2D eigenvalue weighted by Gasteiger charge is 2.29. The summed E-state index contributed by atoms with van der Waals surface area (Å²) in [7, 11) is 0. The molecule has 0 unspecified atom stereocenters. The lowest BCUT2D eigenvalue weighted by atomic mass is 10.0. The summed E-state index contributed by atoms with van der Waals surface area (Å²) in [5.41, 5.74) is 2.18. The number of nitrogens with one attached hydrogen (secondary N) is 1. The molecule has 0 saturated carbocycles. The first kappa shape index (κ1) is 19.2. The number of hydrogen-bond acceptors (Lipinski definition) is 2. The molecule has 0 saturated heterocycles. The van der Waals surface area contributed by atoms with Crippen LogP contribution in [0.5, 0.6) is 0 Å². The van der Waals surface area contributed by atoms with Crippen molar-refractivity contribution in [2.45, 2.75) is 39.8 Å². The van der Waals surface area contributed by atoms with Gasteiger partial charge in [0.2, 0.25) is 0 Å². The minimum absolute atomic E-state index is 0.186. The second kappa shape index (κ2) is 7.20. The van der Waals surface area contributed by atoms with Crippen molar-refractivity contribution < 1.29 is 4.79 Å². The molecule has 1 heterocycles. The molecule has 27 heavy (non-hydrogen) atoms. The highest BCUT2D eigenvalue weighted by atomic mass is 35.5. The summed E-state index contributed by atoms with van der Waals surface area (Å²) in [4.78, 5) is 30.4. The number of carbonyl (C=O) groups excluding carboxylic acids is 1. The van der Waals surface area contributed by atoms with Crippen molar-refractivity contribution in [3.63, 3.8) is 0 Å². The second-order valence-corrected chi connectivity index (χ2v) is 8.16. The fourth-order valence-corrected chi connectivity index (χ4v) is 3.26. The standard InChI is InChI=1S/C22H23ClN2O2/c1-14-9-10-15-12-16(20(26)24-19(15)11-14)13-25(22(2,3)4)21(27)17-7-5-6-8-18(17)23/h5-12H,13H2,1-4H3,(H,24,26). The van der Waals surface area contributed by atoms with Crippen molar-refractivity contribution in [2.24, 2.45) is 0 Å². The topological polar surface area (TPSA) is 53.2 Å². The van der Waals surface area contributed by atoms with Crippen molar-refractivity contribution in [3.05, 3.63) is 80.6 Å². The minimum atomic E-state index is -0.481. The van der Waals surface area contributed by atoms with E-state index in [2.05, 4.69) is 4.98 Å². The smallest absolute Gasteiger partial charge is 0.256 e. The van der Waals surface area contributed by atoms with Gasteiger partial charge in [-0.2, -0.15) is 0 Å². The highest BCUT2D eigenvalue weighted by Crippen LogP contribution is 2.24. The van der Waals surface area contributed by atoms with Gasteiger partial charge in [0.25, 0.3) is 11.5 Å². The number of halogens is 1. The number of aryl methyl sites for hydroxylation is 1. The van der Waals surface area contributed by atoms with E-state index in [1.54, 1.807) is 29.2 Å². The van der Waals surface area contributed by atoms with Crippen molar-refractivity contribution in [2.75, 3.05) is 0 Å². The number of carbonyl (C=O) groups is 1. The number of rotatable bonds is 3. The van der Waals surface area contributed by atoms with E-state index >= 15 is 0 Å². The van der Waals surface area contributed by atoms with Gasteiger partial charge in [-0.3, -0.25) is 9.59 Å². The molecular weight excluding hydrogens is 360 g/mol. The van der Waals surface area contributed by atoms with E-state index in [0.29, 0.717) is 16.1 Å². The van der Waals surface area contributed by atoms with Crippen LogP contribution in [0.2, 0.25) is 5.02 Å². The van der Waals surface area contributed by atoms with Crippen LogP contribution in [0.15, 0.2) is 53.3 Å². The normalized spacial score (nSPS) is 11.6. The molecule has 1 amide bonds. The van der Waals surface area contributed by atoms with Crippen molar-refractivity contribution in [1.29, 1.82) is 0 Å². The van der Waals surface area contributed by atoms with Crippen molar-refractivity contribution in [1.82, 2.24) is 9.88 Å². The summed E-state index contributed by atoms with van der Waals surface area (Å²) in [6, 6.07) is 14.7. The van der Waals surface area contributed by atoms with E-state index in [-0.39, 0.29) is 18.0 Å². The monoisotopic (exact) mass is 382 g/mol. The van der Waals surface area contributed by atoms with Gasteiger partial charge < -0.3 is 9.88 Å². The van der Waals surface area contributed by atoms with E-state index in [1.807, 2.05) is 52.0 Å². The van der Waals surface area contributed by atoms with E-state index in [4.69, 9.17) is 11.6 Å². The molecule has 0 radical (unpaired) electrons. The number of H-pyrrole nitrogens is 1. The van der Waals surface area contributed by atoms with Gasteiger partial charge in [-0.05, 0) is 62.9 Å². The maximum absolute atomic E-state index is 13.2. The van der Waals surface area contributed by atoms with Gasteiger partial charge in [0.05, 0.1) is 17.1 Å². The maximum Gasteiger partial charge on any atom is 0.256 e. The Morgan fingerprint density at radius 2 is 1.81 bits per heavy atom. The molecule has 3 rings (SSSR count). The molecule has 0 aliphatic rings. The summed E-state index contributed by atoms with van der Waals surface area (Å²) in [6.07, 6.45) is 0. The zero-order valence-corrected chi connectivity index (χ0v) is 16.7. The number of fused-ring (bicyclic) bond motifs is 1. The first-order chi connectivity index (χ1) is 12.7. The molecular formula is C22H23ClN2O2. The molecule has 1 N–H and O–H groups in total. The number of nitrogens with zero attached hydrogens (tertiary/aromatic N) is 1. The second-order valence-electron chi connectivity index (χ2n) is 7.76. The number of pyridine rings is 1. The molecule has 5 heteroatoms. The Morgan fingerprint density at radius 3 is 2.48 bits per heavy atom. The molecule has 0 bridgehead atoms. The largest absolute Gasteiger partial charge is 0.329 e. The van der Waals surface area contributed by atoms with Gasteiger partial charge in [0.15, 0.2) is 0 Å². The summed E-state index contributed by atoms with van der Waals surface area (Å²) in [5, 5.41) is 1.34. The Bertz CT molecular complexity index is 1060. The van der Waals surface area contributed by atoms with E-state index < -0.39 is 5.54 Å². The molecule has 0 aliphatic heterocycles. The molecule has 0 spiro atoms. The van der Waals surface area contributed by atoms with Crippen LogP contribution in [0.25, 0.3) is 10.9 Å². The summed E-state index contributed by atoms with van der Waals surface area (Å²) < 4.78 is 0. The van der Waals surface area contributed by atoms with Crippen LogP contribution in [0.3, 0.4) is 0 Å². The molecule has 0 fully saturated rings. The van der Waals surface area contributed by atoms with Crippen LogP contribution in [-0.4, -0.2) is 21.3 Å².